The minimum atomic E-state index is -4.41. The Morgan fingerprint density at radius 1 is 1.26 bits per heavy atom. The lowest BCUT2D eigenvalue weighted by atomic mass is 10.1. The number of halogens is 3. The number of rotatable bonds is 8. The SMILES string of the molecule is CCNC(=NCc1ccc(C)cc1OCC(F)(F)F)NCc1nc(-c2ccco2)n[nH]1. The zero-order valence-corrected chi connectivity index (χ0v) is 17.1. The van der Waals surface area contributed by atoms with Crippen LogP contribution in [0.1, 0.15) is 23.9 Å². The molecule has 0 bridgehead atoms. The molecule has 1 aromatic carbocycles. The number of furan rings is 1. The minimum absolute atomic E-state index is 0.136. The lowest BCUT2D eigenvalue weighted by molar-refractivity contribution is -0.153. The molecular formula is C20H23F3N6O2. The third kappa shape index (κ3) is 6.76. The van der Waals surface area contributed by atoms with Crippen LogP contribution in [0.5, 0.6) is 5.75 Å². The van der Waals surface area contributed by atoms with E-state index in [1.807, 2.05) is 6.92 Å². The van der Waals surface area contributed by atoms with E-state index in [1.54, 1.807) is 37.3 Å². The predicted octanol–water partition coefficient (Wildman–Crippen LogP) is 3.57. The Morgan fingerprint density at radius 2 is 2.10 bits per heavy atom. The fraction of sp³-hybridized carbons (Fsp3) is 0.350. The number of aromatic amines is 1. The number of alkyl halides is 3. The average molecular weight is 436 g/mol. The van der Waals surface area contributed by atoms with Gasteiger partial charge >= 0.3 is 6.18 Å². The molecule has 0 fully saturated rings. The molecule has 0 spiro atoms. The van der Waals surface area contributed by atoms with Gasteiger partial charge in [-0.25, -0.2) is 9.98 Å². The zero-order chi connectivity index (χ0) is 22.3. The fourth-order valence-corrected chi connectivity index (χ4v) is 2.65. The Morgan fingerprint density at radius 3 is 2.81 bits per heavy atom. The fourth-order valence-electron chi connectivity index (χ4n) is 2.65. The lowest BCUT2D eigenvalue weighted by Gasteiger charge is -2.14. The summed E-state index contributed by atoms with van der Waals surface area (Å²) < 4.78 is 47.9. The van der Waals surface area contributed by atoms with Gasteiger partial charge in [-0.2, -0.15) is 13.2 Å². The van der Waals surface area contributed by atoms with Gasteiger partial charge in [0.15, 0.2) is 18.3 Å². The molecule has 0 atom stereocenters. The lowest BCUT2D eigenvalue weighted by Crippen LogP contribution is -2.37. The predicted molar refractivity (Wildman–Crippen MR) is 108 cm³/mol. The van der Waals surface area contributed by atoms with Gasteiger partial charge in [-0.15, -0.1) is 5.10 Å². The Labute approximate surface area is 176 Å². The number of aromatic nitrogens is 3. The van der Waals surface area contributed by atoms with Crippen molar-refractivity contribution in [1.29, 1.82) is 0 Å². The molecule has 2 heterocycles. The summed E-state index contributed by atoms with van der Waals surface area (Å²) in [6.45, 7) is 3.39. The Balaban J connectivity index is 1.65. The quantitative estimate of drug-likeness (QED) is 0.369. The summed E-state index contributed by atoms with van der Waals surface area (Å²) in [5.74, 6) is 2.20. The van der Waals surface area contributed by atoms with Crippen LogP contribution in [-0.4, -0.2) is 40.5 Å². The van der Waals surface area contributed by atoms with Crippen molar-refractivity contribution < 1.29 is 22.3 Å². The number of ether oxygens (including phenoxy) is 1. The number of H-pyrrole nitrogens is 1. The smallest absolute Gasteiger partial charge is 0.422 e. The summed E-state index contributed by atoms with van der Waals surface area (Å²) in [6.07, 6.45) is -2.87. The summed E-state index contributed by atoms with van der Waals surface area (Å²) in [7, 11) is 0. The van der Waals surface area contributed by atoms with Crippen LogP contribution in [0, 0.1) is 6.92 Å². The van der Waals surface area contributed by atoms with Crippen molar-refractivity contribution in [3.8, 4) is 17.3 Å². The number of aryl methyl sites for hydroxylation is 1. The number of hydrogen-bond acceptors (Lipinski definition) is 5. The molecule has 3 aromatic rings. The van der Waals surface area contributed by atoms with Crippen LogP contribution in [-0.2, 0) is 13.1 Å². The second-order valence-electron chi connectivity index (χ2n) is 6.65. The highest BCUT2D eigenvalue weighted by Gasteiger charge is 2.28. The molecule has 3 N–H and O–H groups in total. The van der Waals surface area contributed by atoms with Gasteiger partial charge in [0.2, 0.25) is 5.82 Å². The van der Waals surface area contributed by atoms with E-state index in [0.717, 1.165) is 5.56 Å². The van der Waals surface area contributed by atoms with E-state index in [-0.39, 0.29) is 12.3 Å². The summed E-state index contributed by atoms with van der Waals surface area (Å²) in [4.78, 5) is 8.78. The molecule has 11 heteroatoms. The Kier molecular flexibility index (Phi) is 7.16. The third-order valence-electron chi connectivity index (χ3n) is 4.06. The largest absolute Gasteiger partial charge is 0.484 e. The van der Waals surface area contributed by atoms with Gasteiger partial charge in [-0.3, -0.25) is 5.10 Å². The van der Waals surface area contributed by atoms with Gasteiger partial charge in [-0.05, 0) is 37.6 Å². The van der Waals surface area contributed by atoms with E-state index in [2.05, 4.69) is 30.8 Å². The first-order valence-corrected chi connectivity index (χ1v) is 9.60. The zero-order valence-electron chi connectivity index (χ0n) is 17.1. The van der Waals surface area contributed by atoms with E-state index in [9.17, 15) is 13.2 Å². The van der Waals surface area contributed by atoms with E-state index in [0.29, 0.717) is 42.0 Å². The van der Waals surface area contributed by atoms with Crippen molar-refractivity contribution in [3.63, 3.8) is 0 Å². The monoisotopic (exact) mass is 436 g/mol. The summed E-state index contributed by atoms with van der Waals surface area (Å²) in [6, 6.07) is 8.58. The highest BCUT2D eigenvalue weighted by Crippen LogP contribution is 2.24. The van der Waals surface area contributed by atoms with Gasteiger partial charge in [0.25, 0.3) is 0 Å². The van der Waals surface area contributed by atoms with Crippen LogP contribution in [0.3, 0.4) is 0 Å². The van der Waals surface area contributed by atoms with Crippen molar-refractivity contribution in [2.24, 2.45) is 4.99 Å². The first-order chi connectivity index (χ1) is 14.8. The van der Waals surface area contributed by atoms with E-state index >= 15 is 0 Å². The number of nitrogens with zero attached hydrogens (tertiary/aromatic N) is 3. The van der Waals surface area contributed by atoms with Crippen LogP contribution < -0.4 is 15.4 Å². The minimum Gasteiger partial charge on any atom is -0.484 e. The van der Waals surface area contributed by atoms with Crippen molar-refractivity contribution in [3.05, 3.63) is 53.5 Å². The Hall–Kier alpha value is -3.50. The van der Waals surface area contributed by atoms with Gasteiger partial charge in [0, 0.05) is 12.1 Å². The molecule has 0 saturated heterocycles. The highest BCUT2D eigenvalue weighted by molar-refractivity contribution is 5.79. The van der Waals surface area contributed by atoms with Crippen LogP contribution in [0.4, 0.5) is 13.2 Å². The molecular weight excluding hydrogens is 413 g/mol. The maximum Gasteiger partial charge on any atom is 0.422 e. The first-order valence-electron chi connectivity index (χ1n) is 9.60. The molecule has 0 saturated carbocycles. The molecule has 0 aliphatic heterocycles. The molecule has 166 valence electrons. The van der Waals surface area contributed by atoms with Gasteiger partial charge < -0.3 is 19.8 Å². The second-order valence-corrected chi connectivity index (χ2v) is 6.65. The van der Waals surface area contributed by atoms with Crippen molar-refractivity contribution in [1.82, 2.24) is 25.8 Å². The van der Waals surface area contributed by atoms with Crippen molar-refractivity contribution in [2.75, 3.05) is 13.2 Å². The Bertz CT molecular complexity index is 999. The number of hydrogen-bond donors (Lipinski definition) is 3. The molecule has 0 aliphatic carbocycles. The summed E-state index contributed by atoms with van der Waals surface area (Å²) in [5.41, 5.74) is 1.35. The second kappa shape index (κ2) is 10.0. The van der Waals surface area contributed by atoms with Crippen LogP contribution >= 0.6 is 0 Å². The first kappa shape index (κ1) is 22.2. The summed E-state index contributed by atoms with van der Waals surface area (Å²) >= 11 is 0. The number of guanidine groups is 1. The van der Waals surface area contributed by atoms with E-state index in [4.69, 9.17) is 9.15 Å². The van der Waals surface area contributed by atoms with Gasteiger partial charge in [0.05, 0.1) is 19.4 Å². The molecule has 0 radical (unpaired) electrons. The van der Waals surface area contributed by atoms with Crippen molar-refractivity contribution in [2.45, 2.75) is 33.1 Å². The molecule has 0 amide bonds. The molecule has 0 aliphatic rings. The molecule has 8 nitrogen and oxygen atoms in total. The van der Waals surface area contributed by atoms with Crippen LogP contribution in [0.25, 0.3) is 11.6 Å². The number of benzene rings is 1. The topological polar surface area (TPSA) is 100 Å². The average Bonchev–Trinajstić information content (AvgIpc) is 3.40. The molecule has 3 rings (SSSR count). The van der Waals surface area contributed by atoms with E-state index < -0.39 is 12.8 Å². The third-order valence-corrected chi connectivity index (χ3v) is 4.06. The maximum atomic E-state index is 12.5. The normalized spacial score (nSPS) is 12.1. The van der Waals surface area contributed by atoms with E-state index in [1.165, 1.54) is 6.26 Å². The number of nitrogens with one attached hydrogen (secondary N) is 3. The van der Waals surface area contributed by atoms with Crippen molar-refractivity contribution >= 4 is 5.96 Å². The summed E-state index contributed by atoms with van der Waals surface area (Å²) in [5, 5.41) is 13.1. The highest BCUT2D eigenvalue weighted by atomic mass is 19.4. The van der Waals surface area contributed by atoms with Gasteiger partial charge in [-0.1, -0.05) is 12.1 Å². The van der Waals surface area contributed by atoms with Gasteiger partial charge in [0.1, 0.15) is 11.6 Å². The maximum absolute atomic E-state index is 12.5. The molecule has 2 aromatic heterocycles. The standard InChI is InChI=1S/C20H23F3N6O2/c1-3-24-19(26-11-17-27-18(29-28-17)15-5-4-8-30-15)25-10-14-7-6-13(2)9-16(14)31-12-20(21,22)23/h4-9H,3,10-12H2,1-2H3,(H2,24,25,26)(H,27,28,29). The number of aliphatic imine (C=N–C) groups is 1. The molecule has 0 unspecified atom stereocenters. The molecule has 31 heavy (non-hydrogen) atoms. The van der Waals surface area contributed by atoms with Crippen LogP contribution in [0.2, 0.25) is 0 Å². The van der Waals surface area contributed by atoms with Crippen LogP contribution in [0.15, 0.2) is 46.0 Å².